The van der Waals surface area contributed by atoms with Gasteiger partial charge in [0, 0.05) is 5.92 Å². The van der Waals surface area contributed by atoms with E-state index in [0.29, 0.717) is 30.1 Å². The highest BCUT2D eigenvalue weighted by Crippen LogP contribution is 2.66. The maximum Gasteiger partial charge on any atom is 0.186 e. The number of aliphatic hydroxyl groups is 4. The Morgan fingerprint density at radius 1 is 1.00 bits per heavy atom. The van der Waals surface area contributed by atoms with Crippen molar-refractivity contribution in [3.05, 3.63) is 11.6 Å². The Bertz CT molecular complexity index is 874. The van der Waals surface area contributed by atoms with Crippen LogP contribution >= 0.6 is 0 Å². The van der Waals surface area contributed by atoms with Gasteiger partial charge in [0.25, 0.3) is 0 Å². The van der Waals surface area contributed by atoms with Crippen molar-refractivity contribution in [3.63, 3.8) is 0 Å². The molecule has 5 rings (SSSR count). The molecular weight excluding hydrogens is 476 g/mol. The van der Waals surface area contributed by atoms with Crippen molar-refractivity contribution in [2.45, 2.75) is 109 Å². The number of aliphatic hydroxyl groups excluding tert-OH is 4. The summed E-state index contributed by atoms with van der Waals surface area (Å²) in [6, 6.07) is 0. The van der Waals surface area contributed by atoms with E-state index in [9.17, 15) is 25.2 Å². The minimum atomic E-state index is -1.44. The number of fused-ring (bicyclic) bond motifs is 5. The normalized spacial score (nSPS) is 49.5. The van der Waals surface area contributed by atoms with Gasteiger partial charge in [0.05, 0.1) is 25.9 Å². The molecule has 0 bridgehead atoms. The summed E-state index contributed by atoms with van der Waals surface area (Å²) in [5.74, 6) is 2.65. The third-order valence-electron chi connectivity index (χ3n) is 11.1. The van der Waals surface area contributed by atoms with E-state index in [1.54, 1.807) is 6.92 Å². The van der Waals surface area contributed by atoms with Crippen molar-refractivity contribution in [1.82, 2.24) is 0 Å². The predicted octanol–water partition coefficient (Wildman–Crippen LogP) is 2.36. The van der Waals surface area contributed by atoms with Crippen LogP contribution in [0.1, 0.15) is 72.1 Å². The summed E-state index contributed by atoms with van der Waals surface area (Å²) in [5.41, 5.74) is 1.92. The molecule has 0 aromatic heterocycles. The fourth-order valence-corrected chi connectivity index (χ4v) is 9.02. The van der Waals surface area contributed by atoms with Crippen LogP contribution in [0.4, 0.5) is 0 Å². The van der Waals surface area contributed by atoms with Crippen molar-refractivity contribution in [2.24, 2.45) is 34.5 Å². The van der Waals surface area contributed by atoms with Crippen LogP contribution in [0.2, 0.25) is 0 Å². The van der Waals surface area contributed by atoms with Crippen LogP contribution < -0.4 is 0 Å². The molecule has 0 radical (unpaired) electrons. The molecule has 0 aromatic carbocycles. The predicted molar refractivity (Wildman–Crippen MR) is 135 cm³/mol. The van der Waals surface area contributed by atoms with Crippen LogP contribution in [-0.2, 0) is 19.0 Å². The number of Topliss-reactive ketones (excluding diaryl/α,β-unsaturated/α-hetero) is 1. The first-order valence-electron chi connectivity index (χ1n) is 14.3. The van der Waals surface area contributed by atoms with E-state index < -0.39 is 37.3 Å². The molecule has 0 unspecified atom stereocenters. The maximum absolute atomic E-state index is 12.4. The van der Waals surface area contributed by atoms with Crippen LogP contribution in [0.5, 0.6) is 0 Å². The largest absolute Gasteiger partial charge is 0.394 e. The molecule has 1 aliphatic heterocycles. The first-order valence-corrected chi connectivity index (χ1v) is 14.3. The molecule has 12 atom stereocenters. The van der Waals surface area contributed by atoms with Gasteiger partial charge >= 0.3 is 0 Å². The van der Waals surface area contributed by atoms with Gasteiger partial charge in [-0.1, -0.05) is 25.5 Å². The minimum Gasteiger partial charge on any atom is -0.394 e. The molecule has 0 amide bonds. The number of hydrogen-bond donors (Lipinski definition) is 4. The van der Waals surface area contributed by atoms with Gasteiger partial charge in [-0.2, -0.15) is 0 Å². The second-order valence-corrected chi connectivity index (χ2v) is 12.8. The lowest BCUT2D eigenvalue weighted by atomic mass is 9.47. The van der Waals surface area contributed by atoms with Crippen LogP contribution in [-0.4, -0.2) is 82.8 Å². The lowest BCUT2D eigenvalue weighted by Gasteiger charge is -2.58. The molecule has 1 heterocycles. The molecular formula is C29H46O8. The SMILES string of the molecule is CC(=O)[C@H]1CC[C@H]2[C@@H]3CC=C4C[C@@H](OCCO[C@H]5O[C@H](CO)[C@@H](O)[C@H](O)[C@H]5O)CC[C@]4(C)[C@H]3CC[C@]12C. The zero-order valence-corrected chi connectivity index (χ0v) is 22.6. The van der Waals surface area contributed by atoms with E-state index in [2.05, 4.69) is 19.9 Å². The van der Waals surface area contributed by atoms with Crippen molar-refractivity contribution >= 4 is 5.78 Å². The topological polar surface area (TPSA) is 126 Å². The van der Waals surface area contributed by atoms with E-state index in [-0.39, 0.29) is 29.5 Å². The molecule has 5 aliphatic rings. The fraction of sp³-hybridized carbons (Fsp3) is 0.897. The average molecular weight is 523 g/mol. The number of ketones is 1. The van der Waals surface area contributed by atoms with Crippen LogP contribution in [0, 0.1) is 34.5 Å². The Morgan fingerprint density at radius 3 is 2.49 bits per heavy atom. The van der Waals surface area contributed by atoms with Gasteiger partial charge in [-0.15, -0.1) is 0 Å². The Hall–Kier alpha value is -0.870. The van der Waals surface area contributed by atoms with Crippen molar-refractivity contribution in [2.75, 3.05) is 19.8 Å². The van der Waals surface area contributed by atoms with Crippen LogP contribution in [0.15, 0.2) is 11.6 Å². The van der Waals surface area contributed by atoms with Gasteiger partial charge in [-0.25, -0.2) is 0 Å². The summed E-state index contributed by atoms with van der Waals surface area (Å²) in [6.45, 7) is 6.69. The third-order valence-corrected chi connectivity index (χ3v) is 11.1. The monoisotopic (exact) mass is 522 g/mol. The molecule has 37 heavy (non-hydrogen) atoms. The van der Waals surface area contributed by atoms with E-state index in [1.807, 2.05) is 0 Å². The average Bonchev–Trinajstić information content (AvgIpc) is 3.24. The van der Waals surface area contributed by atoms with Crippen LogP contribution in [0.3, 0.4) is 0 Å². The lowest BCUT2D eigenvalue weighted by Crippen LogP contribution is -2.59. The van der Waals surface area contributed by atoms with Crippen LogP contribution in [0.25, 0.3) is 0 Å². The smallest absolute Gasteiger partial charge is 0.186 e. The number of carbonyl (C=O) groups is 1. The fourth-order valence-electron chi connectivity index (χ4n) is 9.02. The molecule has 210 valence electrons. The van der Waals surface area contributed by atoms with Crippen molar-refractivity contribution in [3.8, 4) is 0 Å². The van der Waals surface area contributed by atoms with Gasteiger partial charge in [-0.3, -0.25) is 4.79 Å². The number of hydrogen-bond acceptors (Lipinski definition) is 8. The summed E-state index contributed by atoms with van der Waals surface area (Å²) in [4.78, 5) is 12.4. The summed E-state index contributed by atoms with van der Waals surface area (Å²) >= 11 is 0. The highest BCUT2D eigenvalue weighted by molar-refractivity contribution is 5.79. The van der Waals surface area contributed by atoms with E-state index in [0.717, 1.165) is 32.1 Å². The van der Waals surface area contributed by atoms with E-state index in [1.165, 1.54) is 24.8 Å². The van der Waals surface area contributed by atoms with Gasteiger partial charge in [0.15, 0.2) is 6.29 Å². The number of rotatable bonds is 7. The highest BCUT2D eigenvalue weighted by Gasteiger charge is 2.59. The number of ether oxygens (including phenoxy) is 3. The zero-order valence-electron chi connectivity index (χ0n) is 22.6. The standard InChI is InChI=1S/C29H46O8/c1-16(31)20-6-7-21-19-5-4-17-14-18(8-10-28(17,2)22(19)9-11-29(20,21)3)35-12-13-36-27-26(34)25(33)24(32)23(15-30)37-27/h4,18-27,30,32-34H,5-15H2,1-3H3/t18-,19-,20+,21-,22-,23+,24+,25-,26+,27-,28-,29+/m0/s1. The molecule has 4 fully saturated rings. The molecule has 4 aliphatic carbocycles. The van der Waals surface area contributed by atoms with E-state index in [4.69, 9.17) is 14.2 Å². The molecule has 8 heteroatoms. The first kappa shape index (κ1) is 27.7. The van der Waals surface area contributed by atoms with Gasteiger partial charge in [-0.05, 0) is 86.9 Å². The zero-order chi connectivity index (χ0) is 26.5. The second kappa shape index (κ2) is 10.6. The van der Waals surface area contributed by atoms with Gasteiger partial charge < -0.3 is 34.6 Å². The van der Waals surface area contributed by atoms with Crippen molar-refractivity contribution < 1.29 is 39.4 Å². The van der Waals surface area contributed by atoms with E-state index >= 15 is 0 Å². The molecule has 3 saturated carbocycles. The summed E-state index contributed by atoms with van der Waals surface area (Å²) in [5, 5.41) is 39.3. The van der Waals surface area contributed by atoms with Gasteiger partial charge in [0.1, 0.15) is 30.2 Å². The quantitative estimate of drug-likeness (QED) is 0.297. The number of allylic oxidation sites excluding steroid dienone is 1. The Labute approximate surface area is 220 Å². The molecule has 0 spiro atoms. The van der Waals surface area contributed by atoms with Crippen molar-refractivity contribution in [1.29, 1.82) is 0 Å². The molecule has 0 aromatic rings. The molecule has 4 N–H and O–H groups in total. The maximum atomic E-state index is 12.4. The molecule has 1 saturated heterocycles. The Kier molecular flexibility index (Phi) is 7.93. The number of carbonyl (C=O) groups excluding carboxylic acids is 1. The first-order chi connectivity index (χ1) is 17.6. The Balaban J connectivity index is 1.14. The van der Waals surface area contributed by atoms with Gasteiger partial charge in [0.2, 0.25) is 0 Å². The third kappa shape index (κ3) is 4.75. The minimum absolute atomic E-state index is 0.122. The molecule has 8 nitrogen and oxygen atoms in total. The Morgan fingerprint density at radius 2 is 1.76 bits per heavy atom. The second-order valence-electron chi connectivity index (χ2n) is 12.8. The highest BCUT2D eigenvalue weighted by atomic mass is 16.7. The lowest BCUT2D eigenvalue weighted by molar-refractivity contribution is -0.302. The summed E-state index contributed by atoms with van der Waals surface area (Å²) < 4.78 is 17.2. The summed E-state index contributed by atoms with van der Waals surface area (Å²) in [7, 11) is 0. The summed E-state index contributed by atoms with van der Waals surface area (Å²) in [6.07, 6.45) is 5.09.